The Kier molecular flexibility index (Phi) is 11.0. The molecular formula is C19H28Cl3N5O2. The average molecular weight is 465 g/mol. The molecule has 1 aliphatic rings. The van der Waals surface area contributed by atoms with Crippen LogP contribution in [-0.2, 0) is 16.6 Å². The summed E-state index contributed by atoms with van der Waals surface area (Å²) in [6.45, 7) is 3.54. The van der Waals surface area contributed by atoms with Crippen LogP contribution in [0.5, 0.6) is 0 Å². The second-order valence-corrected chi connectivity index (χ2v) is 7.07. The van der Waals surface area contributed by atoms with Crippen molar-refractivity contribution in [1.82, 2.24) is 25.3 Å². The summed E-state index contributed by atoms with van der Waals surface area (Å²) in [7, 11) is 3.61. The van der Waals surface area contributed by atoms with Crippen LogP contribution in [0.15, 0.2) is 36.7 Å². The number of aromatic nitrogens is 2. The van der Waals surface area contributed by atoms with Gasteiger partial charge >= 0.3 is 0 Å². The van der Waals surface area contributed by atoms with E-state index in [1.807, 2.05) is 31.4 Å². The number of morpholine rings is 1. The number of halogens is 3. The van der Waals surface area contributed by atoms with Gasteiger partial charge in [-0.15, -0.1) is 24.8 Å². The number of hydrogen-bond acceptors (Lipinski definition) is 5. The first-order valence-corrected chi connectivity index (χ1v) is 9.47. The monoisotopic (exact) mass is 463 g/mol. The lowest BCUT2D eigenvalue weighted by Gasteiger charge is -2.35. The topological polar surface area (TPSA) is 71.4 Å². The molecule has 162 valence electrons. The van der Waals surface area contributed by atoms with Crippen molar-refractivity contribution in [1.29, 1.82) is 0 Å². The minimum Gasteiger partial charge on any atom is -0.379 e. The van der Waals surface area contributed by atoms with Crippen LogP contribution in [0, 0.1) is 0 Å². The molecule has 0 aliphatic carbocycles. The number of hydrogen-bond donors (Lipinski definition) is 2. The van der Waals surface area contributed by atoms with E-state index < -0.39 is 6.04 Å². The summed E-state index contributed by atoms with van der Waals surface area (Å²) in [4.78, 5) is 15.1. The Balaban J connectivity index is 0.00000210. The van der Waals surface area contributed by atoms with Crippen molar-refractivity contribution >= 4 is 42.3 Å². The minimum atomic E-state index is -0.441. The number of nitrogens with zero attached hydrogens (tertiary/aromatic N) is 3. The molecule has 0 radical (unpaired) electrons. The van der Waals surface area contributed by atoms with Gasteiger partial charge in [0.1, 0.15) is 6.04 Å². The average Bonchev–Trinajstić information content (AvgIpc) is 3.09. The summed E-state index contributed by atoms with van der Waals surface area (Å²) < 4.78 is 7.17. The van der Waals surface area contributed by atoms with Gasteiger partial charge in [-0.25, -0.2) is 0 Å². The van der Waals surface area contributed by atoms with Crippen molar-refractivity contribution in [2.75, 3.05) is 39.9 Å². The fraction of sp³-hybridized carbons (Fsp3) is 0.474. The molecule has 1 saturated heterocycles. The van der Waals surface area contributed by atoms with Gasteiger partial charge < -0.3 is 15.4 Å². The number of ether oxygens (including phenoxy) is 1. The molecule has 3 rings (SSSR count). The summed E-state index contributed by atoms with van der Waals surface area (Å²) in [5.74, 6) is -0.0780. The van der Waals surface area contributed by atoms with Gasteiger partial charge in [0.25, 0.3) is 0 Å². The number of carbonyl (C=O) groups is 1. The number of benzene rings is 1. The predicted molar refractivity (Wildman–Crippen MR) is 119 cm³/mol. The molecule has 0 saturated carbocycles. The summed E-state index contributed by atoms with van der Waals surface area (Å²) in [6, 6.07) is 7.42. The Bertz CT molecular complexity index is 768. The quantitative estimate of drug-likeness (QED) is 0.658. The largest absolute Gasteiger partial charge is 0.379 e. The Labute approximate surface area is 188 Å². The molecule has 1 fully saturated rings. The zero-order chi connectivity index (χ0) is 19.2. The van der Waals surface area contributed by atoms with E-state index in [1.165, 1.54) is 0 Å². The molecule has 1 aliphatic heterocycles. The highest BCUT2D eigenvalue weighted by molar-refractivity contribution is 6.30. The summed E-state index contributed by atoms with van der Waals surface area (Å²) in [5.41, 5.74) is 1.93. The van der Waals surface area contributed by atoms with E-state index in [0.29, 0.717) is 24.8 Å². The van der Waals surface area contributed by atoms with Gasteiger partial charge in [0.05, 0.1) is 25.5 Å². The molecule has 10 heteroatoms. The minimum absolute atomic E-state index is 0. The first-order chi connectivity index (χ1) is 13.1. The van der Waals surface area contributed by atoms with Crippen molar-refractivity contribution in [3.63, 3.8) is 0 Å². The lowest BCUT2D eigenvalue weighted by molar-refractivity contribution is -0.123. The first kappa shape index (κ1) is 25.7. The third-order valence-electron chi connectivity index (χ3n) is 4.80. The third kappa shape index (κ3) is 6.84. The predicted octanol–water partition coefficient (Wildman–Crippen LogP) is 2.37. The molecule has 7 nitrogen and oxygen atoms in total. The number of nitrogens with one attached hydrogen (secondary N) is 2. The number of amides is 1. The Morgan fingerprint density at radius 1 is 1.28 bits per heavy atom. The fourth-order valence-corrected chi connectivity index (χ4v) is 3.60. The van der Waals surface area contributed by atoms with E-state index in [2.05, 4.69) is 26.7 Å². The molecule has 1 aromatic heterocycles. The highest BCUT2D eigenvalue weighted by atomic mass is 35.5. The SMILES string of the molecule is CNC(C(=O)NCC(c1cccc(Cl)c1)N1CCOCC1)c1cnn(C)c1.Cl.Cl. The van der Waals surface area contributed by atoms with Crippen LogP contribution in [0.1, 0.15) is 23.2 Å². The number of carbonyl (C=O) groups excluding carboxylic acids is 1. The van der Waals surface area contributed by atoms with Crippen molar-refractivity contribution in [3.8, 4) is 0 Å². The van der Waals surface area contributed by atoms with E-state index in [9.17, 15) is 4.79 Å². The van der Waals surface area contributed by atoms with E-state index >= 15 is 0 Å². The van der Waals surface area contributed by atoms with Gasteiger partial charge in [-0.05, 0) is 24.7 Å². The van der Waals surface area contributed by atoms with Gasteiger partial charge in [0.2, 0.25) is 5.91 Å². The Morgan fingerprint density at radius 3 is 2.59 bits per heavy atom. The maximum atomic E-state index is 12.8. The zero-order valence-electron chi connectivity index (χ0n) is 16.5. The fourth-order valence-electron chi connectivity index (χ4n) is 3.40. The molecule has 0 bridgehead atoms. The highest BCUT2D eigenvalue weighted by Gasteiger charge is 2.26. The van der Waals surface area contributed by atoms with Crippen LogP contribution < -0.4 is 10.6 Å². The van der Waals surface area contributed by atoms with Crippen molar-refractivity contribution in [2.24, 2.45) is 7.05 Å². The summed E-state index contributed by atoms with van der Waals surface area (Å²) in [5, 5.41) is 11.0. The molecule has 2 heterocycles. The van der Waals surface area contributed by atoms with Crippen molar-refractivity contribution < 1.29 is 9.53 Å². The molecule has 2 atom stereocenters. The van der Waals surface area contributed by atoms with Gasteiger partial charge in [0.15, 0.2) is 0 Å². The second-order valence-electron chi connectivity index (χ2n) is 6.63. The zero-order valence-corrected chi connectivity index (χ0v) is 18.9. The lowest BCUT2D eigenvalue weighted by Crippen LogP contribution is -2.45. The van der Waals surface area contributed by atoms with Crippen LogP contribution in [0.4, 0.5) is 0 Å². The smallest absolute Gasteiger partial charge is 0.241 e. The maximum absolute atomic E-state index is 12.8. The first-order valence-electron chi connectivity index (χ1n) is 9.09. The molecule has 2 N–H and O–H groups in total. The van der Waals surface area contributed by atoms with Gasteiger partial charge in [0, 0.05) is 43.5 Å². The van der Waals surface area contributed by atoms with Gasteiger partial charge in [-0.3, -0.25) is 14.4 Å². The van der Waals surface area contributed by atoms with Crippen LogP contribution in [0.3, 0.4) is 0 Å². The standard InChI is InChI=1S/C19H26ClN5O2.2ClH/c1-21-18(15-11-23-24(2)13-15)19(26)22-12-17(25-6-8-27-9-7-25)14-4-3-5-16(20)10-14;;/h3-5,10-11,13,17-18,21H,6-9,12H2,1-2H3,(H,22,26);2*1H. The van der Waals surface area contributed by atoms with Crippen molar-refractivity contribution in [2.45, 2.75) is 12.1 Å². The van der Waals surface area contributed by atoms with E-state index in [1.54, 1.807) is 17.9 Å². The molecule has 1 amide bonds. The normalized spacial score (nSPS) is 16.2. The van der Waals surface area contributed by atoms with Crippen LogP contribution in [0.2, 0.25) is 5.02 Å². The van der Waals surface area contributed by atoms with Crippen LogP contribution in [-0.4, -0.2) is 60.5 Å². The molecule has 29 heavy (non-hydrogen) atoms. The lowest BCUT2D eigenvalue weighted by atomic mass is 10.0. The number of aryl methyl sites for hydroxylation is 1. The van der Waals surface area contributed by atoms with Crippen LogP contribution >= 0.6 is 36.4 Å². The van der Waals surface area contributed by atoms with Gasteiger partial charge in [-0.1, -0.05) is 23.7 Å². The second kappa shape index (κ2) is 12.4. The van der Waals surface area contributed by atoms with E-state index in [0.717, 1.165) is 24.2 Å². The number of rotatable bonds is 7. The molecule has 2 aromatic rings. The highest BCUT2D eigenvalue weighted by Crippen LogP contribution is 2.24. The Hall–Kier alpha value is -1.35. The van der Waals surface area contributed by atoms with E-state index in [4.69, 9.17) is 16.3 Å². The van der Waals surface area contributed by atoms with Crippen LogP contribution in [0.25, 0.3) is 0 Å². The van der Waals surface area contributed by atoms with Gasteiger partial charge in [-0.2, -0.15) is 5.10 Å². The van der Waals surface area contributed by atoms with Crippen molar-refractivity contribution in [3.05, 3.63) is 52.8 Å². The third-order valence-corrected chi connectivity index (χ3v) is 5.03. The maximum Gasteiger partial charge on any atom is 0.241 e. The molecule has 0 spiro atoms. The Morgan fingerprint density at radius 2 is 2.00 bits per heavy atom. The summed E-state index contributed by atoms with van der Waals surface area (Å²) in [6.07, 6.45) is 3.55. The summed E-state index contributed by atoms with van der Waals surface area (Å²) >= 11 is 6.20. The van der Waals surface area contributed by atoms with E-state index in [-0.39, 0.29) is 36.8 Å². The molecule has 2 unspecified atom stereocenters. The number of likely N-dealkylation sites (N-methyl/N-ethyl adjacent to an activating group) is 1. The molecular weight excluding hydrogens is 437 g/mol. The molecule has 1 aromatic carbocycles.